The zero-order valence-corrected chi connectivity index (χ0v) is 8.11. The molecule has 1 saturated heterocycles. The fourth-order valence-electron chi connectivity index (χ4n) is 1.70. The molecule has 2 heterocycles. The Bertz CT molecular complexity index is 295. The van der Waals surface area contributed by atoms with Crippen LogP contribution in [0.5, 0.6) is 0 Å². The van der Waals surface area contributed by atoms with E-state index in [2.05, 4.69) is 20.3 Å². The molecule has 0 saturated carbocycles. The maximum atomic E-state index is 5.28. The van der Waals surface area contributed by atoms with Crippen molar-refractivity contribution in [2.75, 3.05) is 23.4 Å². The molecule has 0 radical (unpaired) electrons. The molecule has 0 atom stereocenters. The van der Waals surface area contributed by atoms with Gasteiger partial charge in [-0.25, -0.2) is 10.8 Å². The van der Waals surface area contributed by atoms with Gasteiger partial charge in [-0.2, -0.15) is 0 Å². The van der Waals surface area contributed by atoms with E-state index in [0.29, 0.717) is 5.82 Å². The Morgan fingerprint density at radius 3 is 2.71 bits per heavy atom. The van der Waals surface area contributed by atoms with E-state index in [1.54, 1.807) is 12.4 Å². The van der Waals surface area contributed by atoms with Crippen molar-refractivity contribution in [2.24, 2.45) is 5.84 Å². The Kier molecular flexibility index (Phi) is 2.78. The van der Waals surface area contributed by atoms with Crippen LogP contribution in [0, 0.1) is 0 Å². The van der Waals surface area contributed by atoms with Crippen LogP contribution in [0.25, 0.3) is 0 Å². The molecule has 0 amide bonds. The first-order valence-electron chi connectivity index (χ1n) is 4.94. The minimum absolute atomic E-state index is 0.619. The van der Waals surface area contributed by atoms with Gasteiger partial charge in [0.2, 0.25) is 0 Å². The summed E-state index contributed by atoms with van der Waals surface area (Å²) in [5.74, 6) is 6.81. The fraction of sp³-hybridized carbons (Fsp3) is 0.556. The van der Waals surface area contributed by atoms with E-state index in [1.165, 1.54) is 19.3 Å². The Hall–Kier alpha value is -1.36. The van der Waals surface area contributed by atoms with Gasteiger partial charge in [-0.15, -0.1) is 0 Å². The van der Waals surface area contributed by atoms with Crippen molar-refractivity contribution < 1.29 is 0 Å². The highest BCUT2D eigenvalue weighted by atomic mass is 15.3. The lowest BCUT2D eigenvalue weighted by molar-refractivity contribution is 0.573. The molecule has 0 aromatic carbocycles. The molecule has 76 valence electrons. The molecule has 0 bridgehead atoms. The van der Waals surface area contributed by atoms with Gasteiger partial charge in [0.15, 0.2) is 5.82 Å². The first-order valence-corrected chi connectivity index (χ1v) is 4.94. The summed E-state index contributed by atoms with van der Waals surface area (Å²) < 4.78 is 0. The third-order valence-electron chi connectivity index (χ3n) is 2.45. The Labute approximate surface area is 83.3 Å². The molecule has 1 aromatic heterocycles. The predicted octanol–water partition coefficient (Wildman–Crippen LogP) is 0.752. The van der Waals surface area contributed by atoms with Crippen LogP contribution in [-0.2, 0) is 0 Å². The molecular formula is C9H15N5. The molecule has 3 N–H and O–H groups in total. The summed E-state index contributed by atoms with van der Waals surface area (Å²) in [6.45, 7) is 2.14. The summed E-state index contributed by atoms with van der Waals surface area (Å²) in [5.41, 5.74) is 2.51. The molecule has 1 aliphatic rings. The van der Waals surface area contributed by atoms with Crippen LogP contribution >= 0.6 is 0 Å². The zero-order chi connectivity index (χ0) is 9.80. The van der Waals surface area contributed by atoms with Gasteiger partial charge in [-0.05, 0) is 19.3 Å². The standard InChI is InChI=1S/C9H15N5/c10-13-8-6-11-7-9(12-8)14-4-2-1-3-5-14/h6-7H,1-5,10H2,(H,12,13). The maximum Gasteiger partial charge on any atom is 0.160 e. The highest BCUT2D eigenvalue weighted by Gasteiger charge is 2.12. The van der Waals surface area contributed by atoms with E-state index in [1.807, 2.05) is 0 Å². The van der Waals surface area contributed by atoms with Crippen LogP contribution < -0.4 is 16.2 Å². The second kappa shape index (κ2) is 4.23. The number of nitrogens with two attached hydrogens (primary N) is 1. The maximum absolute atomic E-state index is 5.28. The third-order valence-corrected chi connectivity index (χ3v) is 2.45. The lowest BCUT2D eigenvalue weighted by atomic mass is 10.1. The van der Waals surface area contributed by atoms with Gasteiger partial charge in [0.05, 0.1) is 12.4 Å². The minimum atomic E-state index is 0.619. The van der Waals surface area contributed by atoms with Gasteiger partial charge in [0, 0.05) is 13.1 Å². The van der Waals surface area contributed by atoms with Crippen LogP contribution in [-0.4, -0.2) is 23.1 Å². The van der Waals surface area contributed by atoms with Crippen LogP contribution in [0.15, 0.2) is 12.4 Å². The second-order valence-corrected chi connectivity index (χ2v) is 3.45. The third kappa shape index (κ3) is 1.93. The van der Waals surface area contributed by atoms with E-state index in [9.17, 15) is 0 Å². The van der Waals surface area contributed by atoms with Gasteiger partial charge in [-0.3, -0.25) is 4.98 Å². The van der Waals surface area contributed by atoms with Crippen LogP contribution in [0.2, 0.25) is 0 Å². The molecule has 0 unspecified atom stereocenters. The molecule has 1 aliphatic heterocycles. The molecule has 5 heteroatoms. The number of nitrogen functional groups attached to an aromatic ring is 1. The normalized spacial score (nSPS) is 16.8. The smallest absolute Gasteiger partial charge is 0.160 e. The van der Waals surface area contributed by atoms with E-state index in [0.717, 1.165) is 18.9 Å². The highest BCUT2D eigenvalue weighted by molar-refractivity contribution is 5.43. The van der Waals surface area contributed by atoms with Gasteiger partial charge in [-0.1, -0.05) is 0 Å². The number of rotatable bonds is 2. The molecular weight excluding hydrogens is 178 g/mol. The topological polar surface area (TPSA) is 67.1 Å². The lowest BCUT2D eigenvalue weighted by Gasteiger charge is -2.27. The van der Waals surface area contributed by atoms with Gasteiger partial charge >= 0.3 is 0 Å². The SMILES string of the molecule is NNc1cncc(N2CCCCC2)n1. The van der Waals surface area contributed by atoms with Crippen molar-refractivity contribution in [3.8, 4) is 0 Å². The van der Waals surface area contributed by atoms with Gasteiger partial charge < -0.3 is 10.3 Å². The number of hydrazine groups is 1. The van der Waals surface area contributed by atoms with Crippen molar-refractivity contribution in [3.63, 3.8) is 0 Å². The van der Waals surface area contributed by atoms with Gasteiger partial charge in [0.1, 0.15) is 5.82 Å². The van der Waals surface area contributed by atoms with Crippen molar-refractivity contribution in [1.29, 1.82) is 0 Å². The number of hydrogen-bond donors (Lipinski definition) is 2. The second-order valence-electron chi connectivity index (χ2n) is 3.45. The number of anilines is 2. The van der Waals surface area contributed by atoms with Crippen molar-refractivity contribution in [2.45, 2.75) is 19.3 Å². The number of nitrogens with one attached hydrogen (secondary N) is 1. The molecule has 1 aromatic rings. The zero-order valence-electron chi connectivity index (χ0n) is 8.11. The van der Waals surface area contributed by atoms with Crippen molar-refractivity contribution in [1.82, 2.24) is 9.97 Å². The highest BCUT2D eigenvalue weighted by Crippen LogP contribution is 2.17. The first kappa shape index (κ1) is 9.21. The number of aromatic nitrogens is 2. The summed E-state index contributed by atoms with van der Waals surface area (Å²) in [5, 5.41) is 0. The molecule has 2 rings (SSSR count). The largest absolute Gasteiger partial charge is 0.355 e. The van der Waals surface area contributed by atoms with Gasteiger partial charge in [0.25, 0.3) is 0 Å². The van der Waals surface area contributed by atoms with Crippen LogP contribution in [0.1, 0.15) is 19.3 Å². The summed E-state index contributed by atoms with van der Waals surface area (Å²) >= 11 is 0. The fourth-order valence-corrected chi connectivity index (χ4v) is 1.70. The average molecular weight is 193 g/mol. The molecule has 5 nitrogen and oxygen atoms in total. The predicted molar refractivity (Wildman–Crippen MR) is 55.9 cm³/mol. The van der Waals surface area contributed by atoms with E-state index in [4.69, 9.17) is 5.84 Å². The van der Waals surface area contributed by atoms with Crippen molar-refractivity contribution >= 4 is 11.6 Å². The Balaban J connectivity index is 2.13. The monoisotopic (exact) mass is 193 g/mol. The van der Waals surface area contributed by atoms with E-state index in [-0.39, 0.29) is 0 Å². The van der Waals surface area contributed by atoms with E-state index < -0.39 is 0 Å². The quantitative estimate of drug-likeness (QED) is 0.536. The Morgan fingerprint density at radius 2 is 2.00 bits per heavy atom. The molecule has 1 fully saturated rings. The van der Waals surface area contributed by atoms with Crippen molar-refractivity contribution in [3.05, 3.63) is 12.4 Å². The van der Waals surface area contributed by atoms with Crippen LogP contribution in [0.3, 0.4) is 0 Å². The first-order chi connectivity index (χ1) is 6.90. The Morgan fingerprint density at radius 1 is 1.21 bits per heavy atom. The summed E-state index contributed by atoms with van der Waals surface area (Å²) in [6.07, 6.45) is 7.20. The number of hydrogen-bond acceptors (Lipinski definition) is 5. The van der Waals surface area contributed by atoms with Crippen LogP contribution in [0.4, 0.5) is 11.6 Å². The molecule has 0 aliphatic carbocycles. The summed E-state index contributed by atoms with van der Waals surface area (Å²) in [7, 11) is 0. The van der Waals surface area contributed by atoms with E-state index >= 15 is 0 Å². The lowest BCUT2D eigenvalue weighted by Crippen LogP contribution is -2.30. The number of nitrogens with zero attached hydrogens (tertiary/aromatic N) is 3. The molecule has 0 spiro atoms. The summed E-state index contributed by atoms with van der Waals surface area (Å²) in [6, 6.07) is 0. The minimum Gasteiger partial charge on any atom is -0.355 e. The molecule has 14 heavy (non-hydrogen) atoms. The average Bonchev–Trinajstić information content (AvgIpc) is 2.30. The summed E-state index contributed by atoms with van der Waals surface area (Å²) in [4.78, 5) is 10.7. The number of piperidine rings is 1.